The molecule has 1 aromatic heterocycles. The monoisotopic (exact) mass is 241 g/mol. The van der Waals surface area contributed by atoms with Gasteiger partial charge in [0.05, 0.1) is 18.8 Å². The topological polar surface area (TPSA) is 38.2 Å². The van der Waals surface area contributed by atoms with Crippen molar-refractivity contribution in [2.45, 2.75) is 25.8 Å². The molecule has 1 aliphatic heterocycles. The Bertz CT molecular complexity index is 372. The lowest BCUT2D eigenvalue weighted by molar-refractivity contribution is 0.265. The highest BCUT2D eigenvalue weighted by molar-refractivity contribution is 6.31. The van der Waals surface area contributed by atoms with Crippen molar-refractivity contribution in [1.82, 2.24) is 15.1 Å². The van der Waals surface area contributed by atoms with E-state index in [2.05, 4.69) is 22.0 Å². The maximum Gasteiger partial charge on any atom is 0.252 e. The van der Waals surface area contributed by atoms with Crippen LogP contribution in [-0.4, -0.2) is 35.3 Å². The van der Waals surface area contributed by atoms with Gasteiger partial charge in [-0.1, -0.05) is 18.5 Å². The average Bonchev–Trinajstić information content (AvgIpc) is 2.77. The molecule has 0 radical (unpaired) electrons. The van der Waals surface area contributed by atoms with Gasteiger partial charge in [0.1, 0.15) is 5.02 Å². The summed E-state index contributed by atoms with van der Waals surface area (Å²) in [5.41, 5.74) is 0.949. The summed E-state index contributed by atoms with van der Waals surface area (Å²) in [6.45, 7) is 4.33. The van der Waals surface area contributed by atoms with E-state index in [1.807, 2.05) is 6.07 Å². The van der Waals surface area contributed by atoms with Gasteiger partial charge in [0.2, 0.25) is 0 Å². The maximum atomic E-state index is 6.05. The molecule has 16 heavy (non-hydrogen) atoms. The van der Waals surface area contributed by atoms with Crippen LogP contribution in [0.25, 0.3) is 0 Å². The van der Waals surface area contributed by atoms with Crippen molar-refractivity contribution < 1.29 is 4.74 Å². The summed E-state index contributed by atoms with van der Waals surface area (Å²) in [6.07, 6.45) is 2.34. The largest absolute Gasteiger partial charge is 0.479 e. The number of halogens is 1. The molecule has 0 N–H and O–H groups in total. The Morgan fingerprint density at radius 1 is 1.56 bits per heavy atom. The Kier molecular flexibility index (Phi) is 3.61. The van der Waals surface area contributed by atoms with Gasteiger partial charge in [0, 0.05) is 0 Å². The van der Waals surface area contributed by atoms with Gasteiger partial charge in [-0.05, 0) is 32.0 Å². The van der Waals surface area contributed by atoms with Gasteiger partial charge in [-0.15, -0.1) is 5.10 Å². The Balaban J connectivity index is 2.23. The van der Waals surface area contributed by atoms with E-state index in [0.717, 1.165) is 25.2 Å². The standard InChI is InChI=1S/C11H16ClN3O/c1-3-15-6-4-5-10(15)9-7-8(12)11(16-2)14-13-9/h7,10H,3-6H2,1-2H3. The number of ether oxygens (including phenoxy) is 1. The van der Waals surface area contributed by atoms with Crippen LogP contribution in [0.4, 0.5) is 0 Å². The molecule has 0 aliphatic carbocycles. The number of likely N-dealkylation sites (tertiary alicyclic amines) is 1. The zero-order valence-electron chi connectivity index (χ0n) is 9.61. The predicted molar refractivity (Wildman–Crippen MR) is 62.8 cm³/mol. The van der Waals surface area contributed by atoms with Crippen molar-refractivity contribution in [3.05, 3.63) is 16.8 Å². The summed E-state index contributed by atoms with van der Waals surface area (Å²) in [6, 6.07) is 2.23. The van der Waals surface area contributed by atoms with Crippen LogP contribution in [0.2, 0.25) is 5.02 Å². The summed E-state index contributed by atoms with van der Waals surface area (Å²) < 4.78 is 5.00. The van der Waals surface area contributed by atoms with Crippen molar-refractivity contribution in [3.63, 3.8) is 0 Å². The van der Waals surface area contributed by atoms with E-state index < -0.39 is 0 Å². The van der Waals surface area contributed by atoms with Crippen molar-refractivity contribution in [3.8, 4) is 5.88 Å². The molecule has 0 aromatic carbocycles. The smallest absolute Gasteiger partial charge is 0.252 e. The Hall–Kier alpha value is -0.870. The maximum absolute atomic E-state index is 6.05. The van der Waals surface area contributed by atoms with Gasteiger partial charge >= 0.3 is 0 Å². The minimum absolute atomic E-state index is 0.362. The molecule has 1 atom stereocenters. The molecular weight excluding hydrogens is 226 g/mol. The molecule has 0 saturated carbocycles. The second-order valence-electron chi connectivity index (χ2n) is 3.91. The van der Waals surface area contributed by atoms with Crippen LogP contribution in [-0.2, 0) is 0 Å². The van der Waals surface area contributed by atoms with Gasteiger partial charge in [0.15, 0.2) is 0 Å². The molecule has 2 rings (SSSR count). The van der Waals surface area contributed by atoms with Gasteiger partial charge in [-0.3, -0.25) is 4.90 Å². The lowest BCUT2D eigenvalue weighted by Crippen LogP contribution is -2.23. The molecule has 1 aromatic rings. The van der Waals surface area contributed by atoms with Crippen molar-refractivity contribution in [1.29, 1.82) is 0 Å². The van der Waals surface area contributed by atoms with Crippen LogP contribution in [0.3, 0.4) is 0 Å². The molecule has 0 bridgehead atoms. The van der Waals surface area contributed by atoms with Crippen LogP contribution in [0.5, 0.6) is 5.88 Å². The minimum Gasteiger partial charge on any atom is -0.479 e. The molecule has 5 heteroatoms. The second kappa shape index (κ2) is 4.97. The predicted octanol–water partition coefficient (Wildman–Crippen LogP) is 2.30. The molecule has 1 unspecified atom stereocenters. The van der Waals surface area contributed by atoms with Crippen LogP contribution >= 0.6 is 11.6 Å². The van der Waals surface area contributed by atoms with Crippen molar-refractivity contribution in [2.75, 3.05) is 20.2 Å². The van der Waals surface area contributed by atoms with Crippen LogP contribution in [0, 0.1) is 0 Å². The molecule has 88 valence electrons. The summed E-state index contributed by atoms with van der Waals surface area (Å²) >= 11 is 6.05. The van der Waals surface area contributed by atoms with E-state index in [4.69, 9.17) is 16.3 Å². The fraction of sp³-hybridized carbons (Fsp3) is 0.636. The van der Waals surface area contributed by atoms with Crippen LogP contribution in [0.15, 0.2) is 6.07 Å². The zero-order chi connectivity index (χ0) is 11.5. The third-order valence-corrected chi connectivity index (χ3v) is 3.31. The van der Waals surface area contributed by atoms with Crippen molar-refractivity contribution >= 4 is 11.6 Å². The van der Waals surface area contributed by atoms with E-state index in [0.29, 0.717) is 16.9 Å². The third-order valence-electron chi connectivity index (χ3n) is 3.04. The first-order chi connectivity index (χ1) is 7.76. The highest BCUT2D eigenvalue weighted by Crippen LogP contribution is 2.32. The third kappa shape index (κ3) is 2.13. The Morgan fingerprint density at radius 3 is 3.00 bits per heavy atom. The molecular formula is C11H16ClN3O. The normalized spacial score (nSPS) is 21.3. The van der Waals surface area contributed by atoms with E-state index >= 15 is 0 Å². The quantitative estimate of drug-likeness (QED) is 0.814. The number of nitrogens with zero attached hydrogens (tertiary/aromatic N) is 3. The van der Waals surface area contributed by atoms with E-state index in [-0.39, 0.29) is 0 Å². The molecule has 1 saturated heterocycles. The minimum atomic E-state index is 0.362. The van der Waals surface area contributed by atoms with Gasteiger partial charge in [0.25, 0.3) is 5.88 Å². The zero-order valence-corrected chi connectivity index (χ0v) is 10.4. The number of methoxy groups -OCH3 is 1. The SMILES string of the molecule is CCN1CCCC1c1cc(Cl)c(OC)nn1. The lowest BCUT2D eigenvalue weighted by atomic mass is 10.1. The van der Waals surface area contributed by atoms with Crippen LogP contribution in [0.1, 0.15) is 31.5 Å². The van der Waals surface area contributed by atoms with Crippen LogP contribution < -0.4 is 4.74 Å². The average molecular weight is 242 g/mol. The first kappa shape index (κ1) is 11.6. The first-order valence-electron chi connectivity index (χ1n) is 5.57. The lowest BCUT2D eigenvalue weighted by Gasteiger charge is -2.21. The van der Waals surface area contributed by atoms with E-state index in [1.165, 1.54) is 6.42 Å². The number of aromatic nitrogens is 2. The Morgan fingerprint density at radius 2 is 2.38 bits per heavy atom. The number of hydrogen-bond donors (Lipinski definition) is 0. The fourth-order valence-corrected chi connectivity index (χ4v) is 2.44. The van der Waals surface area contributed by atoms with Gasteiger partial charge in [-0.25, -0.2) is 0 Å². The van der Waals surface area contributed by atoms with E-state index in [9.17, 15) is 0 Å². The van der Waals surface area contributed by atoms with Crippen molar-refractivity contribution in [2.24, 2.45) is 0 Å². The Labute approximate surface area is 101 Å². The molecule has 4 nitrogen and oxygen atoms in total. The number of hydrogen-bond acceptors (Lipinski definition) is 4. The van der Waals surface area contributed by atoms with Gasteiger partial charge < -0.3 is 4.74 Å². The summed E-state index contributed by atoms with van der Waals surface area (Å²) in [5.74, 6) is 0.395. The summed E-state index contributed by atoms with van der Waals surface area (Å²) in [7, 11) is 1.55. The van der Waals surface area contributed by atoms with E-state index in [1.54, 1.807) is 7.11 Å². The molecule has 0 spiro atoms. The first-order valence-corrected chi connectivity index (χ1v) is 5.95. The number of rotatable bonds is 3. The second-order valence-corrected chi connectivity index (χ2v) is 4.32. The highest BCUT2D eigenvalue weighted by atomic mass is 35.5. The van der Waals surface area contributed by atoms with Gasteiger partial charge in [-0.2, -0.15) is 5.10 Å². The fourth-order valence-electron chi connectivity index (χ4n) is 2.21. The molecule has 2 heterocycles. The molecule has 1 fully saturated rings. The molecule has 0 amide bonds. The molecule has 1 aliphatic rings. The summed E-state index contributed by atoms with van der Waals surface area (Å²) in [5, 5.41) is 8.71. The highest BCUT2D eigenvalue weighted by Gasteiger charge is 2.26. The summed E-state index contributed by atoms with van der Waals surface area (Å²) in [4.78, 5) is 2.40.